The van der Waals surface area contributed by atoms with Gasteiger partial charge in [0, 0.05) is 17.7 Å². The van der Waals surface area contributed by atoms with Crippen LogP contribution in [0.2, 0.25) is 0 Å². The van der Waals surface area contributed by atoms with Crippen molar-refractivity contribution in [1.29, 1.82) is 0 Å². The van der Waals surface area contributed by atoms with E-state index in [9.17, 15) is 23.3 Å². The summed E-state index contributed by atoms with van der Waals surface area (Å²) in [5.41, 5.74) is 6.37. The summed E-state index contributed by atoms with van der Waals surface area (Å²) in [6.07, 6.45) is 0. The van der Waals surface area contributed by atoms with E-state index in [0.717, 1.165) is 0 Å². The molecule has 0 aromatic heterocycles. The molecule has 0 spiro atoms. The van der Waals surface area contributed by atoms with Gasteiger partial charge in [-0.15, -0.1) is 0 Å². The van der Waals surface area contributed by atoms with Crippen LogP contribution in [-0.4, -0.2) is 19.2 Å². The number of nitrogens with two attached hydrogens (primary N) is 1. The zero-order valence-corrected chi connectivity index (χ0v) is 13.8. The number of hydrogen-bond acceptors (Lipinski definition) is 5. The Labute approximate surface area is 138 Å². The van der Waals surface area contributed by atoms with Crippen LogP contribution in [0.3, 0.4) is 0 Å². The molecule has 0 unspecified atom stereocenters. The maximum Gasteiger partial charge on any atom is 0.269 e. The van der Waals surface area contributed by atoms with Crippen molar-refractivity contribution in [3.05, 3.63) is 63.2 Å². The molecule has 2 rings (SSSR count). The Morgan fingerprint density at radius 2 is 1.79 bits per heavy atom. The summed E-state index contributed by atoms with van der Waals surface area (Å²) in [6, 6.07) is 7.81. The van der Waals surface area contributed by atoms with Crippen LogP contribution in [0.4, 0.5) is 11.4 Å². The van der Waals surface area contributed by atoms with Crippen LogP contribution in [0.25, 0.3) is 0 Å². The lowest BCUT2D eigenvalue weighted by atomic mass is 10.1. The Morgan fingerprint density at radius 1 is 1.12 bits per heavy atom. The summed E-state index contributed by atoms with van der Waals surface area (Å²) in [5, 5.41) is 10.7. The molecular formula is C15H15N3O5S. The van der Waals surface area contributed by atoms with E-state index in [2.05, 4.69) is 4.72 Å². The molecule has 0 saturated heterocycles. The number of benzene rings is 2. The number of carbonyl (C=O) groups is 1. The van der Waals surface area contributed by atoms with Gasteiger partial charge in [0.05, 0.1) is 15.5 Å². The molecule has 0 saturated carbocycles. The van der Waals surface area contributed by atoms with E-state index in [1.165, 1.54) is 36.4 Å². The first-order valence-electron chi connectivity index (χ1n) is 6.80. The van der Waals surface area contributed by atoms with Gasteiger partial charge in [-0.25, -0.2) is 8.42 Å². The minimum Gasteiger partial charge on any atom is -0.366 e. The normalized spacial score (nSPS) is 11.1. The molecule has 1 amide bonds. The summed E-state index contributed by atoms with van der Waals surface area (Å²) in [5.74, 6) is -0.726. The number of non-ortho nitro benzene ring substituents is 1. The molecule has 0 radical (unpaired) electrons. The summed E-state index contributed by atoms with van der Waals surface area (Å²) in [7, 11) is -3.97. The van der Waals surface area contributed by atoms with Gasteiger partial charge < -0.3 is 5.73 Å². The van der Waals surface area contributed by atoms with E-state index < -0.39 is 20.9 Å². The fourth-order valence-corrected chi connectivity index (χ4v) is 3.27. The predicted octanol–water partition coefficient (Wildman–Crippen LogP) is 2.11. The number of hydrogen-bond donors (Lipinski definition) is 2. The van der Waals surface area contributed by atoms with Crippen LogP contribution in [0.1, 0.15) is 21.5 Å². The number of sulfonamides is 1. The molecule has 126 valence electrons. The van der Waals surface area contributed by atoms with Crippen molar-refractivity contribution in [2.75, 3.05) is 4.72 Å². The molecular weight excluding hydrogens is 334 g/mol. The molecule has 0 bridgehead atoms. The van der Waals surface area contributed by atoms with Crippen LogP contribution in [-0.2, 0) is 10.0 Å². The Hall–Kier alpha value is -2.94. The molecule has 24 heavy (non-hydrogen) atoms. The van der Waals surface area contributed by atoms with E-state index in [1.807, 2.05) is 0 Å². The van der Waals surface area contributed by atoms with Crippen LogP contribution >= 0.6 is 0 Å². The number of aryl methyl sites for hydroxylation is 2. The summed E-state index contributed by atoms with van der Waals surface area (Å²) >= 11 is 0. The molecule has 0 fully saturated rings. The van der Waals surface area contributed by atoms with Gasteiger partial charge in [-0.05, 0) is 43.2 Å². The molecule has 0 aliphatic carbocycles. The average Bonchev–Trinajstić information content (AvgIpc) is 2.48. The van der Waals surface area contributed by atoms with Crippen LogP contribution in [0.5, 0.6) is 0 Å². The molecule has 2 aromatic carbocycles. The highest BCUT2D eigenvalue weighted by Gasteiger charge is 2.19. The second-order valence-corrected chi connectivity index (χ2v) is 6.89. The summed E-state index contributed by atoms with van der Waals surface area (Å²) in [6.45, 7) is 3.19. The van der Waals surface area contributed by atoms with Crippen molar-refractivity contribution in [3.63, 3.8) is 0 Å². The molecule has 0 aliphatic rings. The third kappa shape index (κ3) is 3.51. The van der Waals surface area contributed by atoms with Gasteiger partial charge in [-0.3, -0.25) is 19.6 Å². The summed E-state index contributed by atoms with van der Waals surface area (Å²) < 4.78 is 27.3. The fourth-order valence-electron chi connectivity index (χ4n) is 2.11. The van der Waals surface area contributed by atoms with Gasteiger partial charge in [0.25, 0.3) is 15.7 Å². The zero-order valence-electron chi connectivity index (χ0n) is 12.9. The molecule has 0 heterocycles. The van der Waals surface area contributed by atoms with Gasteiger partial charge in [-0.1, -0.05) is 6.07 Å². The Kier molecular flexibility index (Phi) is 4.56. The number of nitro benzene ring substituents is 1. The monoisotopic (exact) mass is 349 g/mol. The molecule has 3 N–H and O–H groups in total. The van der Waals surface area contributed by atoms with E-state index in [1.54, 1.807) is 13.8 Å². The molecule has 0 atom stereocenters. The number of anilines is 1. The highest BCUT2D eigenvalue weighted by molar-refractivity contribution is 7.92. The number of nitro groups is 1. The zero-order chi connectivity index (χ0) is 18.1. The van der Waals surface area contributed by atoms with E-state index >= 15 is 0 Å². The smallest absolute Gasteiger partial charge is 0.269 e. The van der Waals surface area contributed by atoms with Crippen LogP contribution in [0, 0.1) is 24.0 Å². The van der Waals surface area contributed by atoms with Crippen molar-refractivity contribution >= 4 is 27.3 Å². The van der Waals surface area contributed by atoms with E-state index in [4.69, 9.17) is 5.73 Å². The predicted molar refractivity (Wildman–Crippen MR) is 88.3 cm³/mol. The van der Waals surface area contributed by atoms with E-state index in [0.29, 0.717) is 11.1 Å². The Balaban J connectivity index is 2.41. The van der Waals surface area contributed by atoms with Crippen molar-refractivity contribution < 1.29 is 18.1 Å². The number of rotatable bonds is 5. The SMILES string of the molecule is Cc1cc([N+](=O)[O-])ccc1NS(=O)(=O)c1ccc(C)c(C(N)=O)c1. The second-order valence-electron chi connectivity index (χ2n) is 5.20. The fraction of sp³-hybridized carbons (Fsp3) is 0.133. The lowest BCUT2D eigenvalue weighted by Crippen LogP contribution is -2.17. The number of nitrogens with one attached hydrogen (secondary N) is 1. The van der Waals surface area contributed by atoms with Gasteiger partial charge in [-0.2, -0.15) is 0 Å². The van der Waals surface area contributed by atoms with Crippen LogP contribution < -0.4 is 10.5 Å². The molecule has 0 aliphatic heterocycles. The molecule has 8 nitrogen and oxygen atoms in total. The molecule has 9 heteroatoms. The third-order valence-corrected chi connectivity index (χ3v) is 4.81. The first-order valence-corrected chi connectivity index (χ1v) is 8.28. The summed E-state index contributed by atoms with van der Waals surface area (Å²) in [4.78, 5) is 21.4. The first kappa shape index (κ1) is 17.4. The maximum absolute atomic E-state index is 12.5. The number of amides is 1. The highest BCUT2D eigenvalue weighted by atomic mass is 32.2. The van der Waals surface area contributed by atoms with Gasteiger partial charge >= 0.3 is 0 Å². The van der Waals surface area contributed by atoms with Gasteiger partial charge in [0.2, 0.25) is 5.91 Å². The number of primary amides is 1. The Bertz CT molecular complexity index is 938. The second kappa shape index (κ2) is 6.28. The van der Waals surface area contributed by atoms with E-state index in [-0.39, 0.29) is 21.8 Å². The number of carbonyl (C=O) groups excluding carboxylic acids is 1. The largest absolute Gasteiger partial charge is 0.366 e. The quantitative estimate of drug-likeness (QED) is 0.630. The van der Waals surface area contributed by atoms with Crippen molar-refractivity contribution in [2.24, 2.45) is 5.73 Å². The third-order valence-electron chi connectivity index (χ3n) is 3.45. The minimum atomic E-state index is -3.97. The highest BCUT2D eigenvalue weighted by Crippen LogP contribution is 2.24. The van der Waals surface area contributed by atoms with Crippen LogP contribution in [0.15, 0.2) is 41.3 Å². The Morgan fingerprint density at radius 3 is 2.33 bits per heavy atom. The first-order chi connectivity index (χ1) is 11.1. The van der Waals surface area contributed by atoms with Crippen molar-refractivity contribution in [1.82, 2.24) is 0 Å². The van der Waals surface area contributed by atoms with Crippen molar-refractivity contribution in [3.8, 4) is 0 Å². The lowest BCUT2D eigenvalue weighted by Gasteiger charge is -2.12. The lowest BCUT2D eigenvalue weighted by molar-refractivity contribution is -0.384. The van der Waals surface area contributed by atoms with Crippen molar-refractivity contribution in [2.45, 2.75) is 18.7 Å². The topological polar surface area (TPSA) is 132 Å². The van der Waals surface area contributed by atoms with Gasteiger partial charge in [0.1, 0.15) is 0 Å². The maximum atomic E-state index is 12.5. The number of nitrogens with zero attached hydrogens (tertiary/aromatic N) is 1. The van der Waals surface area contributed by atoms with Gasteiger partial charge in [0.15, 0.2) is 0 Å². The molecule has 2 aromatic rings. The standard InChI is InChI=1S/C15H15N3O5S/c1-9-3-5-12(8-13(9)15(16)19)24(22,23)17-14-6-4-11(18(20)21)7-10(14)2/h3-8,17H,1-2H3,(H2,16,19). The minimum absolute atomic E-state index is 0.110. The average molecular weight is 349 g/mol.